The summed E-state index contributed by atoms with van der Waals surface area (Å²) in [7, 11) is -1.41. The first-order valence-corrected chi connectivity index (χ1v) is 40.9. The summed E-state index contributed by atoms with van der Waals surface area (Å²) in [5.41, 5.74) is 31.2. The minimum absolute atomic E-state index is 0. The van der Waals surface area contributed by atoms with E-state index in [0.717, 1.165) is 211 Å². The van der Waals surface area contributed by atoms with Crippen LogP contribution in [-0.2, 0) is 14.2 Å². The summed E-state index contributed by atoms with van der Waals surface area (Å²) in [6.45, 7) is 10.2. The summed E-state index contributed by atoms with van der Waals surface area (Å²) < 4.78 is 23.7. The molecule has 3 aliphatic heterocycles. The average molecular weight is 1780 g/mol. The van der Waals surface area contributed by atoms with Gasteiger partial charge in [-0.3, -0.25) is 49.6 Å². The molecule has 0 aromatic carbocycles. The molecule has 0 bridgehead atoms. The zero-order valence-electron chi connectivity index (χ0n) is 65.0. The van der Waals surface area contributed by atoms with Crippen molar-refractivity contribution < 1.29 is 33.8 Å². The van der Waals surface area contributed by atoms with E-state index in [2.05, 4.69) is 150 Å². The van der Waals surface area contributed by atoms with E-state index in [1.54, 1.807) is 90.4 Å². The lowest BCUT2D eigenvalue weighted by Crippen LogP contribution is -2.32. The predicted molar refractivity (Wildman–Crippen MR) is 470 cm³/mol. The smallest absolute Gasteiger partial charge is 0.423 e. The maximum Gasteiger partial charge on any atom is 0.490 e. The number of rotatable bonds is 11. The highest BCUT2D eigenvalue weighted by Gasteiger charge is 2.28. The number of halogens is 2. The molecule has 3 saturated heterocycles. The third kappa shape index (κ3) is 19.4. The largest absolute Gasteiger partial charge is 0.490 e. The molecule has 0 aliphatic carbocycles. The van der Waals surface area contributed by atoms with Gasteiger partial charge in [-0.05, 0) is 195 Å². The number of nitrogens with one attached hydrogen (secondary N) is 3. The number of hydrogen-bond acceptors (Lipinski definition) is 26. The standard InChI is InChI=1S/C23H21N7O.C18H13N7.C18H18N4O2.C12H12BrN3O2.C6H8BNO2.C5H7N3.CH3I.CH4/c1-14-5-7-24-12-17(14)15-10-16-21(22-27-18-6-8-25-13-19(18)28-22)29-30(23(16)26-11-15)20-4-2-3-9-31-20;1-10-2-4-19-8-13(10)11-6-12-16(24-25-17(12)21-7-11)18-22-14-3-5-20-9-15(14)23-18;1-12-5-6-19-10-15(12)13-8-14-16(11-23)21-22(18(14)20-9-13)17-4-2-3-7-24-17;13-8-5-9-10(7-17)15-16(12(9)14-6-8)11-3-1-2-4-18-11;1-5-2-3-8-4-6(5)7(9)10;6-4-1-2-8-3-5(4)7;1-2;/h5-8,10-13,20H,2-4,9H2,1H3,(H,27,28);2-9H,1H3,(H,22,23)(H,21,24,25);5-6,8-11,17H,2-4,7H2,1H3;5-7,11H,1-4H2;2-4,9-10H,1H3;1-3H,7H2,(H2,6,8);1H3;1H4. The number of carbonyl (C=O) groups excluding carboxylic acids is 2. The number of nitrogens with zero attached hydrogens (tertiary/aromatic N) is 20. The molecule has 0 spiro atoms. The van der Waals surface area contributed by atoms with E-state index in [4.69, 9.17) is 50.8 Å². The molecule has 32 nitrogen and oxygen atoms in total. The highest BCUT2D eigenvalue weighted by atomic mass is 127. The molecule has 3 unspecified atom stereocenters. The van der Waals surface area contributed by atoms with Crippen LogP contribution in [0.4, 0.5) is 11.4 Å². The molecule has 119 heavy (non-hydrogen) atoms. The molecule has 9 N–H and O–H groups in total. The highest BCUT2D eigenvalue weighted by Crippen LogP contribution is 2.37. The van der Waals surface area contributed by atoms with Crippen molar-refractivity contribution in [2.45, 2.75) is 112 Å². The van der Waals surface area contributed by atoms with E-state index in [9.17, 15) is 9.59 Å². The molecule has 3 atom stereocenters. The van der Waals surface area contributed by atoms with Crippen LogP contribution in [-0.4, -0.2) is 169 Å². The lowest BCUT2D eigenvalue weighted by molar-refractivity contribution is -0.0372. The van der Waals surface area contributed by atoms with Crippen LogP contribution in [0.2, 0.25) is 0 Å². The fourth-order valence-electron chi connectivity index (χ4n) is 13.7. The van der Waals surface area contributed by atoms with Gasteiger partial charge in [-0.15, -0.1) is 0 Å². The molecule has 0 radical (unpaired) electrons. The van der Waals surface area contributed by atoms with Gasteiger partial charge < -0.3 is 45.7 Å². The quantitative estimate of drug-likeness (QED) is 0.0274. The molecule has 17 aromatic heterocycles. The molecule has 3 aliphatic rings. The molecule has 20 heterocycles. The maximum absolute atomic E-state index is 11.5. The summed E-state index contributed by atoms with van der Waals surface area (Å²) in [4.78, 5) is 87.2. The Balaban J connectivity index is 0.000000128. The number of pyridine rings is 11. The fraction of sp³-hybridized carbons (Fsp3) is 0.250. The lowest BCUT2D eigenvalue weighted by atomic mass is 9.79. The van der Waals surface area contributed by atoms with Crippen LogP contribution >= 0.6 is 38.5 Å². The van der Waals surface area contributed by atoms with Crippen molar-refractivity contribution in [2.75, 3.05) is 36.2 Å². The van der Waals surface area contributed by atoms with Gasteiger partial charge in [-0.1, -0.05) is 30.0 Å². The zero-order chi connectivity index (χ0) is 82.2. The van der Waals surface area contributed by atoms with Gasteiger partial charge in [-0.25, -0.2) is 43.9 Å². The SMILES string of the molecule is C.CI.Cc1ccncc1-c1cnc2c(c1)c(-c1nc3ccncc3[nH]1)nn2C1CCCCO1.Cc1ccncc1-c1cnc2c(c1)c(C=O)nn2C1CCCCO1.Cc1ccncc1-c1cnc2n[nH]c(-c3nc4ccncc4[nH]3)c2c1.Cc1ccncc1B(O)O.Nc1ccncc1N.O=Cc1nn(C2CCCCO2)c2ncc(Br)cc12. The third-order valence-corrected chi connectivity index (χ3v) is 20.3. The van der Waals surface area contributed by atoms with Crippen LogP contribution in [0, 0.1) is 27.7 Å². The van der Waals surface area contributed by atoms with Gasteiger partial charge in [0, 0.05) is 156 Å². The number of carbonyl (C=O) groups is 2. The number of alkyl halides is 1. The molecule has 0 amide bonds. The summed E-state index contributed by atoms with van der Waals surface area (Å²) in [5.74, 6) is 1.41. The summed E-state index contributed by atoms with van der Waals surface area (Å²) in [5, 5.41) is 41.8. The molecule has 606 valence electrons. The number of aldehydes is 2. The summed E-state index contributed by atoms with van der Waals surface area (Å²) >= 11 is 5.50. The zero-order valence-corrected chi connectivity index (χ0v) is 68.7. The number of aromatic nitrogens is 23. The number of imidazole rings is 2. The number of H-pyrrole nitrogens is 3. The van der Waals surface area contributed by atoms with Gasteiger partial charge in [0.1, 0.15) is 22.8 Å². The van der Waals surface area contributed by atoms with E-state index in [0.29, 0.717) is 56.8 Å². The topological polar surface area (TPSA) is 436 Å². The Labute approximate surface area is 705 Å². The molecule has 20 rings (SSSR count). The van der Waals surface area contributed by atoms with Crippen LogP contribution in [0.15, 0.2) is 183 Å². The second-order valence-electron chi connectivity index (χ2n) is 27.7. The van der Waals surface area contributed by atoms with Crippen molar-refractivity contribution in [3.8, 4) is 56.4 Å². The maximum atomic E-state index is 11.5. The molecule has 3 fully saturated rings. The first-order valence-electron chi connectivity index (χ1n) is 38.0. The van der Waals surface area contributed by atoms with E-state index in [-0.39, 0.29) is 26.1 Å². The molecular formula is C84H86BBrIN25O7. The fourth-order valence-corrected chi connectivity index (χ4v) is 14.1. The van der Waals surface area contributed by atoms with Crippen LogP contribution < -0.4 is 16.9 Å². The van der Waals surface area contributed by atoms with Gasteiger partial charge >= 0.3 is 7.12 Å². The van der Waals surface area contributed by atoms with Crippen LogP contribution in [0.25, 0.3) is 123 Å². The van der Waals surface area contributed by atoms with Crippen LogP contribution in [0.1, 0.15) is 127 Å². The van der Waals surface area contributed by atoms with Crippen LogP contribution in [0.5, 0.6) is 0 Å². The van der Waals surface area contributed by atoms with Crippen molar-refractivity contribution in [3.63, 3.8) is 0 Å². The minimum atomic E-state index is -1.41. The Kier molecular flexibility index (Phi) is 28.1. The second-order valence-corrected chi connectivity index (χ2v) is 28.6. The van der Waals surface area contributed by atoms with Gasteiger partial charge in [0.05, 0.1) is 73.6 Å². The Hall–Kier alpha value is -12.5. The number of hydrogen-bond donors (Lipinski definition) is 7. The van der Waals surface area contributed by atoms with E-state index >= 15 is 0 Å². The highest BCUT2D eigenvalue weighted by molar-refractivity contribution is 14.1. The molecular weight excluding hydrogens is 1690 g/mol. The number of nitrogens with two attached hydrogens (primary N) is 2. The Morgan fingerprint density at radius 1 is 0.479 bits per heavy atom. The Morgan fingerprint density at radius 2 is 0.899 bits per heavy atom. The summed E-state index contributed by atoms with van der Waals surface area (Å²) in [6.07, 6.45) is 41.7. The normalized spacial score (nSPS) is 14.9. The monoisotopic (exact) mass is 1770 g/mol. The van der Waals surface area contributed by atoms with Crippen molar-refractivity contribution in [2.24, 2.45) is 0 Å². The lowest BCUT2D eigenvalue weighted by Gasteiger charge is -2.23. The number of aryl methyl sites for hydroxylation is 4. The van der Waals surface area contributed by atoms with Crippen molar-refractivity contribution in [3.05, 3.63) is 216 Å². The second kappa shape index (κ2) is 39.6. The Bertz CT molecular complexity index is 6250. The molecule has 17 aromatic rings. The number of nitrogen functional groups attached to an aromatic ring is 2. The summed E-state index contributed by atoms with van der Waals surface area (Å²) in [6, 6.07) is 21.1. The molecule has 0 saturated carbocycles. The van der Waals surface area contributed by atoms with Gasteiger partial charge in [0.25, 0.3) is 0 Å². The van der Waals surface area contributed by atoms with Crippen LogP contribution in [0.3, 0.4) is 0 Å². The van der Waals surface area contributed by atoms with Crippen molar-refractivity contribution in [1.82, 2.24) is 114 Å². The van der Waals surface area contributed by atoms with Crippen molar-refractivity contribution >= 4 is 141 Å². The van der Waals surface area contributed by atoms with E-state index < -0.39 is 7.12 Å². The van der Waals surface area contributed by atoms with Gasteiger partial charge in [0.15, 0.2) is 65.5 Å². The number of anilines is 2. The predicted octanol–water partition coefficient (Wildman–Crippen LogP) is 14.7. The minimum Gasteiger partial charge on any atom is -0.423 e. The van der Waals surface area contributed by atoms with Crippen molar-refractivity contribution in [1.29, 1.82) is 0 Å². The van der Waals surface area contributed by atoms with Gasteiger partial charge in [-0.2, -0.15) is 20.4 Å². The number of aromatic amines is 3. The first kappa shape index (κ1) is 84.4. The number of fused-ring (bicyclic) bond motifs is 6. The number of ether oxygens (including phenoxy) is 3. The van der Waals surface area contributed by atoms with E-state index in [1.807, 2.05) is 96.2 Å². The van der Waals surface area contributed by atoms with Gasteiger partial charge in [0.2, 0.25) is 0 Å². The first-order chi connectivity index (χ1) is 57.7. The molecule has 35 heteroatoms. The third-order valence-electron chi connectivity index (χ3n) is 19.9. The average Bonchev–Trinajstić information content (AvgIpc) is 1.60. The van der Waals surface area contributed by atoms with E-state index in [1.165, 1.54) is 12.4 Å². The Morgan fingerprint density at radius 3 is 1.35 bits per heavy atom.